The molecule has 1 atom stereocenters. The lowest BCUT2D eigenvalue weighted by Crippen LogP contribution is -2.48. The largest absolute Gasteiger partial charge is 0.495 e. The first-order chi connectivity index (χ1) is 16.6. The van der Waals surface area contributed by atoms with Crippen molar-refractivity contribution in [3.63, 3.8) is 0 Å². The van der Waals surface area contributed by atoms with Crippen LogP contribution in [0.3, 0.4) is 0 Å². The zero-order valence-corrected chi connectivity index (χ0v) is 22.3. The van der Waals surface area contributed by atoms with Crippen LogP contribution < -0.4 is 14.4 Å². The van der Waals surface area contributed by atoms with Gasteiger partial charge in [0.05, 0.1) is 28.7 Å². The maximum Gasteiger partial charge on any atom is 0.243 e. The number of hydrogen-bond acceptors (Lipinski definition) is 7. The van der Waals surface area contributed by atoms with E-state index < -0.39 is 20.0 Å². The van der Waals surface area contributed by atoms with E-state index in [1.165, 1.54) is 35.7 Å². The number of hydrogen-bond donors (Lipinski definition) is 1. The first kappa shape index (κ1) is 26.5. The van der Waals surface area contributed by atoms with E-state index in [0.717, 1.165) is 12.8 Å². The van der Waals surface area contributed by atoms with Crippen LogP contribution in [0, 0.1) is 0 Å². The van der Waals surface area contributed by atoms with Gasteiger partial charge in [0.25, 0.3) is 0 Å². The number of methoxy groups -OCH3 is 1. The molecule has 2 aliphatic rings. The third-order valence-electron chi connectivity index (χ3n) is 6.04. The van der Waals surface area contributed by atoms with E-state index in [9.17, 15) is 16.8 Å². The van der Waals surface area contributed by atoms with Crippen LogP contribution in [0.4, 0.5) is 5.69 Å². The molecule has 2 aliphatic heterocycles. The molecule has 192 valence electrons. The Balaban J connectivity index is 1.49. The highest BCUT2D eigenvalue weighted by Crippen LogP contribution is 2.33. The molecule has 0 bridgehead atoms. The number of halogens is 2. The second kappa shape index (κ2) is 10.8. The zero-order valence-electron chi connectivity index (χ0n) is 19.1. The lowest BCUT2D eigenvalue weighted by molar-refractivity contribution is 0.114. The van der Waals surface area contributed by atoms with E-state index in [4.69, 9.17) is 32.7 Å². The fourth-order valence-electron chi connectivity index (χ4n) is 4.17. The number of anilines is 1. The summed E-state index contributed by atoms with van der Waals surface area (Å²) < 4.78 is 66.9. The van der Waals surface area contributed by atoms with E-state index in [2.05, 4.69) is 4.72 Å². The Hall–Kier alpha value is -1.60. The van der Waals surface area contributed by atoms with Crippen LogP contribution in [-0.4, -0.2) is 73.7 Å². The van der Waals surface area contributed by atoms with Gasteiger partial charge >= 0.3 is 0 Å². The van der Waals surface area contributed by atoms with Gasteiger partial charge in [-0.25, -0.2) is 21.6 Å². The molecule has 0 radical (unpaired) electrons. The van der Waals surface area contributed by atoms with E-state index in [-0.39, 0.29) is 45.6 Å². The van der Waals surface area contributed by atoms with Crippen LogP contribution >= 0.6 is 23.2 Å². The number of ether oxygens (including phenoxy) is 2. The highest BCUT2D eigenvalue weighted by atomic mass is 35.5. The molecule has 35 heavy (non-hydrogen) atoms. The van der Waals surface area contributed by atoms with Crippen LogP contribution in [0.15, 0.2) is 46.2 Å². The minimum Gasteiger partial charge on any atom is -0.495 e. The highest BCUT2D eigenvalue weighted by molar-refractivity contribution is 7.89. The van der Waals surface area contributed by atoms with E-state index in [1.54, 1.807) is 12.1 Å². The molecule has 0 aliphatic carbocycles. The summed E-state index contributed by atoms with van der Waals surface area (Å²) in [5.41, 5.74) is 0.579. The van der Waals surface area contributed by atoms with Crippen LogP contribution in [0.1, 0.15) is 12.8 Å². The van der Waals surface area contributed by atoms with Gasteiger partial charge in [0.1, 0.15) is 5.75 Å². The number of nitrogens with zero attached hydrogens (tertiary/aromatic N) is 2. The van der Waals surface area contributed by atoms with Gasteiger partial charge < -0.3 is 14.4 Å². The standard InChI is InChI=1S/C22H27Cl2N3O6S2/c1-32-22-5-4-19(34(28,29)25-15-18-3-2-10-33-18)14-21(22)26-6-8-27(9-7-26)35(30,31)20-12-16(23)11-17(24)13-20/h4-5,11-14,18,25H,2-3,6-10,15H2,1H3. The zero-order chi connectivity index (χ0) is 25.2. The monoisotopic (exact) mass is 563 g/mol. The third kappa shape index (κ3) is 6.04. The van der Waals surface area contributed by atoms with Crippen molar-refractivity contribution in [1.82, 2.24) is 9.03 Å². The van der Waals surface area contributed by atoms with Gasteiger partial charge in [-0.2, -0.15) is 4.31 Å². The highest BCUT2D eigenvalue weighted by Gasteiger charge is 2.30. The van der Waals surface area contributed by atoms with E-state index in [0.29, 0.717) is 31.1 Å². The molecule has 0 spiro atoms. The number of piperazine rings is 1. The number of sulfonamides is 2. The number of benzene rings is 2. The van der Waals surface area contributed by atoms with Crippen LogP contribution in [0.25, 0.3) is 0 Å². The van der Waals surface area contributed by atoms with Crippen molar-refractivity contribution in [2.24, 2.45) is 0 Å². The van der Waals surface area contributed by atoms with Gasteiger partial charge in [-0.3, -0.25) is 0 Å². The first-order valence-electron chi connectivity index (χ1n) is 11.1. The topological polar surface area (TPSA) is 105 Å². The van der Waals surface area contributed by atoms with E-state index >= 15 is 0 Å². The van der Waals surface area contributed by atoms with Crippen molar-refractivity contribution in [3.05, 3.63) is 46.4 Å². The summed E-state index contributed by atoms with van der Waals surface area (Å²) in [4.78, 5) is 2.05. The van der Waals surface area contributed by atoms with Crippen molar-refractivity contribution >= 4 is 48.9 Å². The van der Waals surface area contributed by atoms with Gasteiger partial charge in [0.15, 0.2) is 0 Å². The van der Waals surface area contributed by atoms with Crippen LogP contribution in [0.2, 0.25) is 10.0 Å². The van der Waals surface area contributed by atoms with Crippen molar-refractivity contribution in [2.75, 3.05) is 51.3 Å². The summed E-state index contributed by atoms with van der Waals surface area (Å²) in [7, 11) is -6.04. The van der Waals surface area contributed by atoms with E-state index in [1.807, 2.05) is 4.90 Å². The summed E-state index contributed by atoms with van der Waals surface area (Å²) in [5, 5.41) is 0.483. The van der Waals surface area contributed by atoms with Gasteiger partial charge in [-0.05, 0) is 49.2 Å². The Labute approximate surface area is 216 Å². The lowest BCUT2D eigenvalue weighted by Gasteiger charge is -2.36. The minimum absolute atomic E-state index is 0.0337. The molecule has 2 aromatic carbocycles. The molecular formula is C22H27Cl2N3O6S2. The Morgan fingerprint density at radius 3 is 2.29 bits per heavy atom. The molecule has 0 amide bonds. The number of nitrogens with one attached hydrogen (secondary N) is 1. The van der Waals surface area contributed by atoms with Gasteiger partial charge in [0.2, 0.25) is 20.0 Å². The molecule has 1 unspecified atom stereocenters. The van der Waals surface area contributed by atoms with Crippen molar-refractivity contribution in [2.45, 2.75) is 28.7 Å². The second-order valence-corrected chi connectivity index (χ2v) is 12.9. The Morgan fingerprint density at radius 1 is 1.00 bits per heavy atom. The minimum atomic E-state index is -3.79. The molecule has 2 heterocycles. The summed E-state index contributed by atoms with van der Waals surface area (Å²) in [5.74, 6) is 0.501. The molecule has 9 nitrogen and oxygen atoms in total. The quantitative estimate of drug-likeness (QED) is 0.526. The average molecular weight is 565 g/mol. The summed E-state index contributed by atoms with van der Waals surface area (Å²) in [6.07, 6.45) is 1.63. The van der Waals surface area contributed by atoms with Gasteiger partial charge in [0, 0.05) is 49.4 Å². The predicted octanol–water partition coefficient (Wildman–Crippen LogP) is 2.97. The molecule has 2 aromatic rings. The Bertz CT molecular complexity index is 1260. The molecule has 0 saturated carbocycles. The molecule has 13 heteroatoms. The average Bonchev–Trinajstić information content (AvgIpc) is 3.36. The summed E-state index contributed by atoms with van der Waals surface area (Å²) in [6, 6.07) is 8.86. The smallest absolute Gasteiger partial charge is 0.243 e. The summed E-state index contributed by atoms with van der Waals surface area (Å²) >= 11 is 12.0. The van der Waals surface area contributed by atoms with Gasteiger partial charge in [-0.1, -0.05) is 23.2 Å². The fraction of sp³-hybridized carbons (Fsp3) is 0.455. The maximum atomic E-state index is 13.1. The maximum absolute atomic E-state index is 13.1. The lowest BCUT2D eigenvalue weighted by atomic mass is 10.2. The molecule has 4 rings (SSSR count). The van der Waals surface area contributed by atoms with Crippen LogP contribution in [0.5, 0.6) is 5.75 Å². The van der Waals surface area contributed by atoms with Crippen molar-refractivity contribution in [1.29, 1.82) is 0 Å². The van der Waals surface area contributed by atoms with Crippen LogP contribution in [-0.2, 0) is 24.8 Å². The molecule has 2 saturated heterocycles. The summed E-state index contributed by atoms with van der Waals surface area (Å²) in [6.45, 7) is 1.94. The third-order valence-corrected chi connectivity index (χ3v) is 9.77. The molecule has 0 aromatic heterocycles. The SMILES string of the molecule is COc1ccc(S(=O)(=O)NCC2CCCO2)cc1N1CCN(S(=O)(=O)c2cc(Cl)cc(Cl)c2)CC1. The number of rotatable bonds is 8. The molecular weight excluding hydrogens is 537 g/mol. The molecule has 1 N–H and O–H groups in total. The predicted molar refractivity (Wildman–Crippen MR) is 135 cm³/mol. The normalized spacial score (nSPS) is 19.7. The fourth-order valence-corrected chi connectivity index (χ4v) is 7.41. The first-order valence-corrected chi connectivity index (χ1v) is 14.8. The Morgan fingerprint density at radius 2 is 1.69 bits per heavy atom. The van der Waals surface area contributed by atoms with Gasteiger partial charge in [-0.15, -0.1) is 0 Å². The second-order valence-electron chi connectivity index (χ2n) is 8.32. The van der Waals surface area contributed by atoms with Crippen molar-refractivity contribution in [3.8, 4) is 5.75 Å². The molecule has 2 fully saturated rings. The van der Waals surface area contributed by atoms with Crippen molar-refractivity contribution < 1.29 is 26.3 Å². The Kier molecular flexibility index (Phi) is 8.16.